The van der Waals surface area contributed by atoms with Gasteiger partial charge in [0, 0.05) is 31.6 Å². The zero-order valence-electron chi connectivity index (χ0n) is 14.6. The van der Waals surface area contributed by atoms with Gasteiger partial charge in [-0.25, -0.2) is 0 Å². The molecule has 0 heterocycles. The van der Waals surface area contributed by atoms with Gasteiger partial charge >= 0.3 is 5.97 Å². The van der Waals surface area contributed by atoms with Gasteiger partial charge in [-0.1, -0.05) is 42.6 Å². The second kappa shape index (κ2) is 12.6. The quantitative estimate of drug-likeness (QED) is 0.292. The number of carbonyl (C=O) groups excluding carboxylic acids is 1. The second-order valence-electron chi connectivity index (χ2n) is 5.41. The third-order valence-corrected chi connectivity index (χ3v) is 3.90. The lowest BCUT2D eigenvalue weighted by atomic mass is 10.1. The molecule has 0 aliphatic rings. The lowest BCUT2D eigenvalue weighted by Crippen LogP contribution is -2.37. The number of halogens is 1. The van der Waals surface area contributed by atoms with E-state index in [0.717, 1.165) is 48.8 Å². The highest BCUT2D eigenvalue weighted by atomic mass is 35.5. The Labute approximate surface area is 149 Å². The van der Waals surface area contributed by atoms with Crippen molar-refractivity contribution in [3.05, 3.63) is 34.9 Å². The highest BCUT2D eigenvalue weighted by molar-refractivity contribution is 6.31. The summed E-state index contributed by atoms with van der Waals surface area (Å²) in [5, 5.41) is 7.29. The van der Waals surface area contributed by atoms with Gasteiger partial charge < -0.3 is 15.4 Å². The standard InChI is InChI=1S/C18H28ClN3O2/c1-3-24-17(23)12-6-4-5-9-13-21-18(20-2)22-14-15-10-7-8-11-16(15)19/h7-8,10-11H,3-6,9,12-14H2,1-2H3,(H2,20,21,22). The molecule has 0 aliphatic carbocycles. The van der Waals surface area contributed by atoms with Crippen molar-refractivity contribution in [3.63, 3.8) is 0 Å². The fourth-order valence-corrected chi connectivity index (χ4v) is 2.43. The average Bonchev–Trinajstić information content (AvgIpc) is 2.58. The molecule has 0 fully saturated rings. The van der Waals surface area contributed by atoms with E-state index in [9.17, 15) is 4.79 Å². The van der Waals surface area contributed by atoms with E-state index >= 15 is 0 Å². The number of aliphatic imine (C=N–C) groups is 1. The number of hydrogen-bond donors (Lipinski definition) is 2. The van der Waals surface area contributed by atoms with Crippen molar-refractivity contribution in [1.29, 1.82) is 0 Å². The van der Waals surface area contributed by atoms with Gasteiger partial charge in [-0.15, -0.1) is 0 Å². The number of esters is 1. The fraction of sp³-hybridized carbons (Fsp3) is 0.556. The van der Waals surface area contributed by atoms with Gasteiger partial charge in [-0.2, -0.15) is 0 Å². The summed E-state index contributed by atoms with van der Waals surface area (Å²) in [6, 6.07) is 7.76. The number of guanidine groups is 1. The largest absolute Gasteiger partial charge is 0.466 e. The summed E-state index contributed by atoms with van der Waals surface area (Å²) in [5.41, 5.74) is 1.04. The number of ether oxygens (including phenoxy) is 1. The van der Waals surface area contributed by atoms with Gasteiger partial charge in [0.25, 0.3) is 0 Å². The third-order valence-electron chi connectivity index (χ3n) is 3.53. The molecule has 134 valence electrons. The van der Waals surface area contributed by atoms with Crippen LogP contribution in [0.5, 0.6) is 0 Å². The predicted octanol–water partition coefficient (Wildman–Crippen LogP) is 3.52. The van der Waals surface area contributed by atoms with Crippen LogP contribution in [-0.4, -0.2) is 32.1 Å². The van der Waals surface area contributed by atoms with Crippen molar-refractivity contribution in [3.8, 4) is 0 Å². The average molecular weight is 354 g/mol. The van der Waals surface area contributed by atoms with Gasteiger partial charge in [0.15, 0.2) is 5.96 Å². The Bertz CT molecular complexity index is 521. The molecule has 0 atom stereocenters. The first-order valence-electron chi connectivity index (χ1n) is 8.51. The maximum atomic E-state index is 11.2. The fourth-order valence-electron chi connectivity index (χ4n) is 2.23. The lowest BCUT2D eigenvalue weighted by molar-refractivity contribution is -0.143. The minimum atomic E-state index is -0.0974. The molecule has 6 heteroatoms. The summed E-state index contributed by atoms with van der Waals surface area (Å²) in [6.45, 7) is 3.78. The Morgan fingerprint density at radius 1 is 1.17 bits per heavy atom. The number of rotatable bonds is 10. The summed E-state index contributed by atoms with van der Waals surface area (Å²) in [7, 11) is 1.75. The Balaban J connectivity index is 2.10. The number of hydrogen-bond acceptors (Lipinski definition) is 3. The zero-order chi connectivity index (χ0) is 17.6. The normalized spacial score (nSPS) is 11.2. The molecule has 0 aromatic heterocycles. The predicted molar refractivity (Wildman–Crippen MR) is 99.4 cm³/mol. The summed E-state index contributed by atoms with van der Waals surface area (Å²) >= 11 is 6.13. The van der Waals surface area contributed by atoms with Crippen LogP contribution in [-0.2, 0) is 16.1 Å². The van der Waals surface area contributed by atoms with Gasteiger partial charge in [0.05, 0.1) is 6.61 Å². The van der Waals surface area contributed by atoms with Crippen molar-refractivity contribution in [1.82, 2.24) is 10.6 Å². The van der Waals surface area contributed by atoms with Crippen LogP contribution in [0.15, 0.2) is 29.3 Å². The minimum absolute atomic E-state index is 0.0974. The number of nitrogens with one attached hydrogen (secondary N) is 2. The first-order chi connectivity index (χ1) is 11.7. The summed E-state index contributed by atoms with van der Waals surface area (Å²) in [6.07, 6.45) is 4.55. The molecule has 1 aromatic carbocycles. The topological polar surface area (TPSA) is 62.7 Å². The van der Waals surface area contributed by atoms with E-state index in [-0.39, 0.29) is 5.97 Å². The van der Waals surface area contributed by atoms with Crippen LogP contribution in [0.1, 0.15) is 44.6 Å². The van der Waals surface area contributed by atoms with Crippen molar-refractivity contribution >= 4 is 23.5 Å². The number of unbranched alkanes of at least 4 members (excludes halogenated alkanes) is 3. The number of nitrogens with zero attached hydrogens (tertiary/aromatic N) is 1. The van der Waals surface area contributed by atoms with Crippen molar-refractivity contribution in [2.24, 2.45) is 4.99 Å². The maximum Gasteiger partial charge on any atom is 0.305 e. The van der Waals surface area contributed by atoms with Crippen LogP contribution in [0.25, 0.3) is 0 Å². The Kier molecular flexibility index (Phi) is 10.7. The molecule has 0 bridgehead atoms. The smallest absolute Gasteiger partial charge is 0.305 e. The van der Waals surface area contributed by atoms with Crippen molar-refractivity contribution in [2.45, 2.75) is 45.6 Å². The molecule has 0 spiro atoms. The first-order valence-corrected chi connectivity index (χ1v) is 8.88. The number of benzene rings is 1. The molecule has 0 radical (unpaired) electrons. The van der Waals surface area contributed by atoms with Crippen LogP contribution >= 0.6 is 11.6 Å². The van der Waals surface area contributed by atoms with E-state index in [1.54, 1.807) is 7.05 Å². The first kappa shape index (κ1) is 20.3. The maximum absolute atomic E-state index is 11.2. The molecule has 0 aliphatic heterocycles. The Morgan fingerprint density at radius 2 is 1.92 bits per heavy atom. The van der Waals surface area contributed by atoms with Crippen LogP contribution in [0.3, 0.4) is 0 Å². The molecular weight excluding hydrogens is 326 g/mol. The van der Waals surface area contributed by atoms with Crippen LogP contribution < -0.4 is 10.6 Å². The summed E-state index contributed by atoms with van der Waals surface area (Å²) in [5.74, 6) is 0.668. The third kappa shape index (κ3) is 8.77. The van der Waals surface area contributed by atoms with Crippen molar-refractivity contribution in [2.75, 3.05) is 20.2 Å². The van der Waals surface area contributed by atoms with E-state index in [2.05, 4.69) is 15.6 Å². The van der Waals surface area contributed by atoms with Crippen molar-refractivity contribution < 1.29 is 9.53 Å². The molecular formula is C18H28ClN3O2. The Morgan fingerprint density at radius 3 is 2.62 bits per heavy atom. The molecule has 1 rings (SSSR count). The molecule has 24 heavy (non-hydrogen) atoms. The van der Waals surface area contributed by atoms with Crippen LogP contribution in [0.2, 0.25) is 5.02 Å². The number of carbonyl (C=O) groups is 1. The molecule has 0 saturated heterocycles. The van der Waals surface area contributed by atoms with E-state index < -0.39 is 0 Å². The molecule has 2 N–H and O–H groups in total. The lowest BCUT2D eigenvalue weighted by Gasteiger charge is -2.12. The van der Waals surface area contributed by atoms with Crippen LogP contribution in [0, 0.1) is 0 Å². The molecule has 0 unspecified atom stereocenters. The van der Waals surface area contributed by atoms with Gasteiger partial charge in [-0.3, -0.25) is 9.79 Å². The van der Waals surface area contributed by atoms with Crippen LogP contribution in [0.4, 0.5) is 0 Å². The van der Waals surface area contributed by atoms with E-state index in [1.165, 1.54) is 0 Å². The molecule has 0 saturated carbocycles. The zero-order valence-corrected chi connectivity index (χ0v) is 15.4. The Hall–Kier alpha value is -1.75. The van der Waals surface area contributed by atoms with Gasteiger partial charge in [0.1, 0.15) is 0 Å². The van der Waals surface area contributed by atoms with E-state index in [0.29, 0.717) is 19.6 Å². The molecule has 0 amide bonds. The molecule has 5 nitrogen and oxygen atoms in total. The van der Waals surface area contributed by atoms with E-state index in [1.807, 2.05) is 31.2 Å². The monoisotopic (exact) mass is 353 g/mol. The summed E-state index contributed by atoms with van der Waals surface area (Å²) in [4.78, 5) is 15.4. The SMILES string of the molecule is CCOC(=O)CCCCCCNC(=NC)NCc1ccccc1Cl. The van der Waals surface area contributed by atoms with Gasteiger partial charge in [-0.05, 0) is 31.4 Å². The minimum Gasteiger partial charge on any atom is -0.466 e. The second-order valence-corrected chi connectivity index (χ2v) is 5.82. The van der Waals surface area contributed by atoms with E-state index in [4.69, 9.17) is 16.3 Å². The molecule has 1 aromatic rings. The summed E-state index contributed by atoms with van der Waals surface area (Å²) < 4.78 is 4.90. The van der Waals surface area contributed by atoms with Gasteiger partial charge in [0.2, 0.25) is 0 Å². The highest BCUT2D eigenvalue weighted by Crippen LogP contribution is 2.14. The highest BCUT2D eigenvalue weighted by Gasteiger charge is 2.02.